The summed E-state index contributed by atoms with van der Waals surface area (Å²) in [5, 5.41) is 18.9. The smallest absolute Gasteiger partial charge is 0.202 e. The van der Waals surface area contributed by atoms with Crippen LogP contribution in [0.4, 0.5) is 5.69 Å². The van der Waals surface area contributed by atoms with E-state index in [1.54, 1.807) is 18.2 Å². The average molecular weight is 234 g/mol. The summed E-state index contributed by atoms with van der Waals surface area (Å²) in [6.45, 7) is 0. The standard InChI is InChI=1S/C12H14N2O2.CH4/c13-10-3-1-2-8(6-10)9-4-5-12(15,16)11(14)7-9;/h1-7,11,15-16H,13-14H2;1H4. The van der Waals surface area contributed by atoms with E-state index in [0.717, 1.165) is 11.1 Å². The molecule has 1 atom stereocenters. The fourth-order valence-electron chi connectivity index (χ4n) is 1.61. The minimum absolute atomic E-state index is 0. The summed E-state index contributed by atoms with van der Waals surface area (Å²) in [4.78, 5) is 0. The summed E-state index contributed by atoms with van der Waals surface area (Å²) >= 11 is 0. The van der Waals surface area contributed by atoms with E-state index in [9.17, 15) is 10.2 Å². The second kappa shape index (κ2) is 4.71. The Morgan fingerprint density at radius 3 is 2.53 bits per heavy atom. The number of hydrogen-bond donors (Lipinski definition) is 4. The van der Waals surface area contributed by atoms with Crippen molar-refractivity contribution >= 4 is 11.3 Å². The highest BCUT2D eigenvalue weighted by Gasteiger charge is 2.29. The first kappa shape index (κ1) is 13.4. The number of hydrogen-bond acceptors (Lipinski definition) is 4. The van der Waals surface area contributed by atoms with Crippen molar-refractivity contribution < 1.29 is 10.2 Å². The van der Waals surface area contributed by atoms with Crippen LogP contribution in [0.15, 0.2) is 42.5 Å². The predicted octanol–water partition coefficient (Wildman–Crippen LogP) is 0.866. The lowest BCUT2D eigenvalue weighted by atomic mass is 9.93. The zero-order valence-corrected chi connectivity index (χ0v) is 8.67. The lowest BCUT2D eigenvalue weighted by Gasteiger charge is -2.26. The minimum Gasteiger partial charge on any atom is -0.399 e. The second-order valence-electron chi connectivity index (χ2n) is 3.89. The molecule has 2 rings (SSSR count). The van der Waals surface area contributed by atoms with Crippen LogP contribution in [0.25, 0.3) is 5.57 Å². The Balaban J connectivity index is 0.00000144. The van der Waals surface area contributed by atoms with E-state index in [2.05, 4.69) is 0 Å². The molecule has 1 aromatic carbocycles. The van der Waals surface area contributed by atoms with Crippen molar-refractivity contribution in [2.75, 3.05) is 5.73 Å². The maximum Gasteiger partial charge on any atom is 0.202 e. The highest BCUT2D eigenvalue weighted by atomic mass is 16.5. The first-order valence-electron chi connectivity index (χ1n) is 4.96. The molecule has 0 saturated carbocycles. The quantitative estimate of drug-likeness (QED) is 0.428. The highest BCUT2D eigenvalue weighted by molar-refractivity contribution is 5.77. The molecule has 6 N–H and O–H groups in total. The van der Waals surface area contributed by atoms with Gasteiger partial charge in [0, 0.05) is 5.69 Å². The molecular weight excluding hydrogens is 216 g/mol. The molecule has 0 aromatic heterocycles. The van der Waals surface area contributed by atoms with Gasteiger partial charge in [-0.2, -0.15) is 0 Å². The van der Waals surface area contributed by atoms with Gasteiger partial charge in [0.1, 0.15) is 0 Å². The third kappa shape index (κ3) is 2.74. The van der Waals surface area contributed by atoms with Crippen LogP contribution >= 0.6 is 0 Å². The van der Waals surface area contributed by atoms with E-state index >= 15 is 0 Å². The number of aliphatic hydroxyl groups is 2. The summed E-state index contributed by atoms with van der Waals surface area (Å²) in [6, 6.07) is 6.49. The van der Waals surface area contributed by atoms with Crippen LogP contribution in [0, 0.1) is 0 Å². The number of nitrogen functional groups attached to an aromatic ring is 1. The zero-order chi connectivity index (χ0) is 11.8. The Morgan fingerprint density at radius 1 is 1.24 bits per heavy atom. The Kier molecular flexibility index (Phi) is 3.72. The van der Waals surface area contributed by atoms with Gasteiger partial charge in [0.25, 0.3) is 0 Å². The van der Waals surface area contributed by atoms with Gasteiger partial charge in [-0.1, -0.05) is 31.7 Å². The van der Waals surface area contributed by atoms with Gasteiger partial charge in [0.05, 0.1) is 6.04 Å². The van der Waals surface area contributed by atoms with Crippen LogP contribution in [-0.2, 0) is 0 Å². The number of anilines is 1. The summed E-state index contributed by atoms with van der Waals surface area (Å²) in [7, 11) is 0. The van der Waals surface area contributed by atoms with Gasteiger partial charge in [-0.3, -0.25) is 0 Å². The van der Waals surface area contributed by atoms with E-state index in [-0.39, 0.29) is 7.43 Å². The van der Waals surface area contributed by atoms with Crippen molar-refractivity contribution in [1.82, 2.24) is 0 Å². The predicted molar refractivity (Wildman–Crippen MR) is 69.8 cm³/mol. The molecule has 4 nitrogen and oxygen atoms in total. The van der Waals surface area contributed by atoms with Crippen LogP contribution in [0.1, 0.15) is 13.0 Å². The topological polar surface area (TPSA) is 92.5 Å². The monoisotopic (exact) mass is 234 g/mol. The van der Waals surface area contributed by atoms with Gasteiger partial charge in [-0.05, 0) is 29.3 Å². The van der Waals surface area contributed by atoms with Gasteiger partial charge in [0.2, 0.25) is 5.79 Å². The van der Waals surface area contributed by atoms with E-state index in [4.69, 9.17) is 11.5 Å². The molecule has 1 aromatic rings. The number of rotatable bonds is 1. The Morgan fingerprint density at radius 2 is 1.94 bits per heavy atom. The van der Waals surface area contributed by atoms with Crippen molar-refractivity contribution in [3.05, 3.63) is 48.1 Å². The van der Waals surface area contributed by atoms with Crippen molar-refractivity contribution in [2.24, 2.45) is 5.73 Å². The third-order valence-electron chi connectivity index (χ3n) is 2.58. The molecule has 0 fully saturated rings. The minimum atomic E-state index is -1.97. The highest BCUT2D eigenvalue weighted by Crippen LogP contribution is 2.25. The van der Waals surface area contributed by atoms with Gasteiger partial charge in [-0.25, -0.2) is 0 Å². The molecule has 1 aliphatic rings. The van der Waals surface area contributed by atoms with Crippen LogP contribution in [0.3, 0.4) is 0 Å². The largest absolute Gasteiger partial charge is 0.399 e. The number of allylic oxidation sites excluding steroid dienone is 2. The molecule has 92 valence electrons. The van der Waals surface area contributed by atoms with E-state index < -0.39 is 11.8 Å². The molecule has 1 unspecified atom stereocenters. The van der Waals surface area contributed by atoms with Crippen LogP contribution < -0.4 is 11.5 Å². The Labute approximate surface area is 101 Å². The summed E-state index contributed by atoms with van der Waals surface area (Å²) in [5.74, 6) is -1.97. The Bertz CT molecular complexity index is 464. The molecule has 17 heavy (non-hydrogen) atoms. The van der Waals surface area contributed by atoms with Gasteiger partial charge in [0.15, 0.2) is 0 Å². The maximum absolute atomic E-state index is 9.44. The van der Waals surface area contributed by atoms with E-state index in [1.165, 1.54) is 6.08 Å². The molecule has 0 spiro atoms. The summed E-state index contributed by atoms with van der Waals surface area (Å²) in [6.07, 6.45) is 4.50. The molecule has 4 heteroatoms. The number of nitrogens with two attached hydrogens (primary N) is 2. The summed E-state index contributed by atoms with van der Waals surface area (Å²) < 4.78 is 0. The molecular formula is C13H18N2O2. The van der Waals surface area contributed by atoms with Crippen molar-refractivity contribution in [2.45, 2.75) is 19.3 Å². The third-order valence-corrected chi connectivity index (χ3v) is 2.58. The fourth-order valence-corrected chi connectivity index (χ4v) is 1.61. The van der Waals surface area contributed by atoms with E-state index in [1.807, 2.05) is 18.2 Å². The molecule has 0 amide bonds. The van der Waals surface area contributed by atoms with Crippen LogP contribution in [0.5, 0.6) is 0 Å². The fraction of sp³-hybridized carbons (Fsp3) is 0.231. The van der Waals surface area contributed by atoms with E-state index in [0.29, 0.717) is 5.69 Å². The van der Waals surface area contributed by atoms with Crippen molar-refractivity contribution in [1.29, 1.82) is 0 Å². The Hall–Kier alpha value is -1.62. The molecule has 0 bridgehead atoms. The molecule has 1 aliphatic carbocycles. The van der Waals surface area contributed by atoms with Gasteiger partial charge >= 0.3 is 0 Å². The van der Waals surface area contributed by atoms with Crippen LogP contribution in [0.2, 0.25) is 0 Å². The molecule has 0 aliphatic heterocycles. The molecule has 0 heterocycles. The van der Waals surface area contributed by atoms with Crippen molar-refractivity contribution in [3.8, 4) is 0 Å². The first-order valence-corrected chi connectivity index (χ1v) is 4.96. The summed E-state index contributed by atoms with van der Waals surface area (Å²) in [5.41, 5.74) is 13.7. The number of benzene rings is 1. The normalized spacial score (nSPS) is 21.6. The van der Waals surface area contributed by atoms with Gasteiger partial charge in [-0.15, -0.1) is 0 Å². The lowest BCUT2D eigenvalue weighted by Crippen LogP contribution is -2.46. The first-order chi connectivity index (χ1) is 7.49. The molecule has 0 radical (unpaired) electrons. The molecule has 0 saturated heterocycles. The van der Waals surface area contributed by atoms with Crippen molar-refractivity contribution in [3.63, 3.8) is 0 Å². The van der Waals surface area contributed by atoms with Crippen LogP contribution in [-0.4, -0.2) is 22.0 Å². The second-order valence-corrected chi connectivity index (χ2v) is 3.89. The lowest BCUT2D eigenvalue weighted by molar-refractivity contribution is -0.125. The average Bonchev–Trinajstić information content (AvgIpc) is 2.22. The SMILES string of the molecule is C.Nc1cccc(C2=CC(N)C(O)(O)C=C2)c1. The maximum atomic E-state index is 9.44. The van der Waals surface area contributed by atoms with Gasteiger partial charge < -0.3 is 21.7 Å². The zero-order valence-electron chi connectivity index (χ0n) is 8.67.